The van der Waals surface area contributed by atoms with Gasteiger partial charge in [-0.1, -0.05) is 6.07 Å². The quantitative estimate of drug-likeness (QED) is 0.788. The fourth-order valence-corrected chi connectivity index (χ4v) is 2.66. The maximum atomic E-state index is 11.8. The van der Waals surface area contributed by atoms with Crippen molar-refractivity contribution in [3.8, 4) is 0 Å². The van der Waals surface area contributed by atoms with Gasteiger partial charge in [-0.25, -0.2) is 8.42 Å². The topological polar surface area (TPSA) is 79.4 Å². The second-order valence-corrected chi connectivity index (χ2v) is 7.01. The van der Waals surface area contributed by atoms with E-state index in [9.17, 15) is 13.2 Å². The van der Waals surface area contributed by atoms with Crippen LogP contribution in [0.1, 0.15) is 18.4 Å². The Hall–Kier alpha value is -1.47. The smallest absolute Gasteiger partial charge is 0.223 e. The van der Waals surface area contributed by atoms with Gasteiger partial charge in [0.15, 0.2) is 0 Å². The lowest BCUT2D eigenvalue weighted by atomic mass is 10.3. The van der Waals surface area contributed by atoms with Gasteiger partial charge in [0.2, 0.25) is 15.9 Å². The fourth-order valence-electron chi connectivity index (χ4n) is 1.85. The lowest BCUT2D eigenvalue weighted by Crippen LogP contribution is -2.38. The molecule has 0 aromatic carbocycles. The van der Waals surface area contributed by atoms with Crippen molar-refractivity contribution < 1.29 is 13.2 Å². The number of rotatable bonds is 7. The first kappa shape index (κ1) is 14.9. The third kappa shape index (κ3) is 4.57. The van der Waals surface area contributed by atoms with Crippen molar-refractivity contribution in [1.29, 1.82) is 0 Å². The molecule has 1 aromatic rings. The molecule has 6 nitrogen and oxygen atoms in total. The van der Waals surface area contributed by atoms with Gasteiger partial charge in [0.25, 0.3) is 0 Å². The Bertz CT molecular complexity index is 555. The molecule has 1 saturated carbocycles. The number of nitrogens with one attached hydrogen (secondary N) is 1. The Balaban J connectivity index is 1.89. The lowest BCUT2D eigenvalue weighted by molar-refractivity contribution is -0.122. The lowest BCUT2D eigenvalue weighted by Gasteiger charge is -2.20. The van der Waals surface area contributed by atoms with Gasteiger partial charge < -0.3 is 5.32 Å². The monoisotopic (exact) mass is 297 g/mol. The van der Waals surface area contributed by atoms with E-state index in [1.807, 2.05) is 6.07 Å². The average molecular weight is 297 g/mol. The highest BCUT2D eigenvalue weighted by Crippen LogP contribution is 2.28. The predicted octanol–water partition coefficient (Wildman–Crippen LogP) is 0.369. The molecule has 0 bridgehead atoms. The summed E-state index contributed by atoms with van der Waals surface area (Å²) in [7, 11) is -3.31. The molecule has 2 rings (SSSR count). The summed E-state index contributed by atoms with van der Waals surface area (Å²) in [5, 5.41) is 2.77. The first-order valence-electron chi connectivity index (χ1n) is 6.58. The van der Waals surface area contributed by atoms with Crippen molar-refractivity contribution in [2.75, 3.05) is 19.3 Å². The normalized spacial score (nSPS) is 15.3. The van der Waals surface area contributed by atoms with Gasteiger partial charge in [0, 0.05) is 37.9 Å². The first-order chi connectivity index (χ1) is 9.47. The van der Waals surface area contributed by atoms with Crippen molar-refractivity contribution in [2.24, 2.45) is 5.92 Å². The van der Waals surface area contributed by atoms with Crippen LogP contribution in [0.25, 0.3) is 0 Å². The van der Waals surface area contributed by atoms with E-state index in [4.69, 9.17) is 0 Å². The maximum absolute atomic E-state index is 11.8. The summed E-state index contributed by atoms with van der Waals surface area (Å²) in [6, 6.07) is 3.60. The van der Waals surface area contributed by atoms with Crippen LogP contribution in [0.15, 0.2) is 24.5 Å². The Labute approximate surface area is 119 Å². The van der Waals surface area contributed by atoms with E-state index < -0.39 is 10.0 Å². The van der Waals surface area contributed by atoms with E-state index in [0.29, 0.717) is 6.54 Å². The molecule has 1 aromatic heterocycles. The Morgan fingerprint density at radius 2 is 2.25 bits per heavy atom. The number of pyridine rings is 1. The van der Waals surface area contributed by atoms with Crippen LogP contribution in [0.5, 0.6) is 0 Å². The molecule has 1 N–H and O–H groups in total. The van der Waals surface area contributed by atoms with Gasteiger partial charge in [-0.2, -0.15) is 4.31 Å². The van der Waals surface area contributed by atoms with Crippen LogP contribution < -0.4 is 5.32 Å². The SMILES string of the molecule is CS(=O)(=O)N(CCNC(=O)C1CC1)Cc1cccnc1. The third-order valence-electron chi connectivity index (χ3n) is 3.16. The minimum Gasteiger partial charge on any atom is -0.355 e. The number of hydrogen-bond donors (Lipinski definition) is 1. The zero-order chi connectivity index (χ0) is 14.6. The van der Waals surface area contributed by atoms with E-state index in [-0.39, 0.29) is 24.9 Å². The summed E-state index contributed by atoms with van der Waals surface area (Å²) in [5.74, 6) is 0.167. The number of carbonyl (C=O) groups excluding carboxylic acids is 1. The summed E-state index contributed by atoms with van der Waals surface area (Å²) >= 11 is 0. The highest BCUT2D eigenvalue weighted by molar-refractivity contribution is 7.88. The number of aromatic nitrogens is 1. The molecule has 1 fully saturated rings. The van der Waals surface area contributed by atoms with Crippen LogP contribution in [0.3, 0.4) is 0 Å². The molecule has 110 valence electrons. The minimum atomic E-state index is -3.31. The number of hydrogen-bond acceptors (Lipinski definition) is 4. The van der Waals surface area contributed by atoms with Gasteiger partial charge in [-0.3, -0.25) is 9.78 Å². The largest absolute Gasteiger partial charge is 0.355 e. The molecule has 1 aliphatic rings. The molecule has 0 aliphatic heterocycles. The van der Waals surface area contributed by atoms with E-state index in [1.54, 1.807) is 18.5 Å². The van der Waals surface area contributed by atoms with Gasteiger partial charge in [0.05, 0.1) is 6.26 Å². The van der Waals surface area contributed by atoms with Crippen molar-refractivity contribution in [3.63, 3.8) is 0 Å². The van der Waals surface area contributed by atoms with Crippen LogP contribution in [-0.2, 0) is 21.4 Å². The molecule has 1 amide bonds. The van der Waals surface area contributed by atoms with Gasteiger partial charge in [-0.05, 0) is 24.5 Å². The standard InChI is InChI=1S/C13H19N3O3S/c1-20(18,19)16(10-11-3-2-6-14-9-11)8-7-15-13(17)12-4-5-12/h2-3,6,9,12H,4-5,7-8,10H2,1H3,(H,15,17). The van der Waals surface area contributed by atoms with Gasteiger partial charge in [0.1, 0.15) is 0 Å². The molecule has 0 unspecified atom stereocenters. The molecule has 0 radical (unpaired) electrons. The minimum absolute atomic E-state index is 0.0276. The molecule has 1 heterocycles. The van der Waals surface area contributed by atoms with E-state index in [1.165, 1.54) is 10.6 Å². The molecule has 0 atom stereocenters. The van der Waals surface area contributed by atoms with Crippen LogP contribution in [0.2, 0.25) is 0 Å². The Morgan fingerprint density at radius 3 is 2.80 bits per heavy atom. The van der Waals surface area contributed by atoms with Gasteiger partial charge in [-0.15, -0.1) is 0 Å². The zero-order valence-electron chi connectivity index (χ0n) is 11.4. The first-order valence-corrected chi connectivity index (χ1v) is 8.43. The number of nitrogens with zero attached hydrogens (tertiary/aromatic N) is 2. The number of amides is 1. The molecule has 1 aliphatic carbocycles. The molecule has 0 spiro atoms. The van der Waals surface area contributed by atoms with Crippen LogP contribution >= 0.6 is 0 Å². The highest BCUT2D eigenvalue weighted by atomic mass is 32.2. The maximum Gasteiger partial charge on any atom is 0.223 e. The number of carbonyl (C=O) groups is 1. The molecule has 0 saturated heterocycles. The second kappa shape index (κ2) is 6.32. The average Bonchev–Trinajstić information content (AvgIpc) is 3.21. The van der Waals surface area contributed by atoms with E-state index in [0.717, 1.165) is 18.4 Å². The summed E-state index contributed by atoms with van der Waals surface area (Å²) < 4.78 is 24.8. The molecule has 7 heteroatoms. The molecular formula is C13H19N3O3S. The van der Waals surface area contributed by atoms with E-state index in [2.05, 4.69) is 10.3 Å². The van der Waals surface area contributed by atoms with Crippen LogP contribution in [0, 0.1) is 5.92 Å². The van der Waals surface area contributed by atoms with Crippen LogP contribution in [0.4, 0.5) is 0 Å². The summed E-state index contributed by atoms with van der Waals surface area (Å²) in [6.45, 7) is 0.876. The van der Waals surface area contributed by atoms with Crippen LogP contribution in [-0.4, -0.2) is 43.0 Å². The van der Waals surface area contributed by atoms with Crippen molar-refractivity contribution in [3.05, 3.63) is 30.1 Å². The summed E-state index contributed by atoms with van der Waals surface area (Å²) in [4.78, 5) is 15.5. The summed E-state index contributed by atoms with van der Waals surface area (Å²) in [5.41, 5.74) is 0.825. The Kier molecular flexibility index (Phi) is 4.72. The predicted molar refractivity (Wildman–Crippen MR) is 75.2 cm³/mol. The fraction of sp³-hybridized carbons (Fsp3) is 0.538. The highest BCUT2D eigenvalue weighted by Gasteiger charge is 2.29. The third-order valence-corrected chi connectivity index (χ3v) is 4.41. The van der Waals surface area contributed by atoms with Gasteiger partial charge >= 0.3 is 0 Å². The number of sulfonamides is 1. The molecular weight excluding hydrogens is 278 g/mol. The van der Waals surface area contributed by atoms with Crippen molar-refractivity contribution in [1.82, 2.24) is 14.6 Å². The Morgan fingerprint density at radius 1 is 1.50 bits per heavy atom. The van der Waals surface area contributed by atoms with Crippen molar-refractivity contribution in [2.45, 2.75) is 19.4 Å². The van der Waals surface area contributed by atoms with E-state index >= 15 is 0 Å². The second-order valence-electron chi connectivity index (χ2n) is 5.02. The molecule has 20 heavy (non-hydrogen) atoms. The zero-order valence-corrected chi connectivity index (χ0v) is 12.3. The summed E-state index contributed by atoms with van der Waals surface area (Å²) in [6.07, 6.45) is 6.34. The van der Waals surface area contributed by atoms with Crippen molar-refractivity contribution >= 4 is 15.9 Å².